The highest BCUT2D eigenvalue weighted by Crippen LogP contribution is 2.36. The van der Waals surface area contributed by atoms with Crippen LogP contribution in [0, 0.1) is 0 Å². The molecule has 2 aromatic rings. The first-order valence-corrected chi connectivity index (χ1v) is 8.15. The van der Waals surface area contributed by atoms with Crippen molar-refractivity contribution in [2.45, 2.75) is 31.7 Å². The Kier molecular flexibility index (Phi) is 4.48. The number of alkyl halides is 1. The van der Waals surface area contributed by atoms with E-state index < -0.39 is 0 Å². The lowest BCUT2D eigenvalue weighted by Crippen LogP contribution is -2.31. The molecule has 1 heterocycles. The van der Waals surface area contributed by atoms with Crippen LogP contribution in [0.3, 0.4) is 0 Å². The minimum Gasteiger partial charge on any atom is -0.290 e. The normalized spacial score (nSPS) is 14.6. The van der Waals surface area contributed by atoms with Crippen LogP contribution in [0.1, 0.15) is 36.3 Å². The van der Waals surface area contributed by atoms with Crippen LogP contribution in [0.5, 0.6) is 0 Å². The molecule has 0 spiro atoms. The van der Waals surface area contributed by atoms with Crippen molar-refractivity contribution in [1.29, 1.82) is 0 Å². The molecule has 116 valence electrons. The lowest BCUT2D eigenvalue weighted by Gasteiger charge is -2.26. The third-order valence-corrected chi connectivity index (χ3v) is 4.52. The van der Waals surface area contributed by atoms with Gasteiger partial charge in [0.15, 0.2) is 5.82 Å². The fourth-order valence-corrected chi connectivity index (χ4v) is 2.88. The summed E-state index contributed by atoms with van der Waals surface area (Å²) in [5.41, 5.74) is 2.50. The van der Waals surface area contributed by atoms with Gasteiger partial charge in [0.2, 0.25) is 5.91 Å². The second kappa shape index (κ2) is 6.53. The summed E-state index contributed by atoms with van der Waals surface area (Å²) in [7, 11) is 1.83. The summed E-state index contributed by atoms with van der Waals surface area (Å²) in [6.45, 7) is 0.494. The SMILES string of the molecule is Cn1ccc(N(Cc2ccc(C3CCC3)cc2)C(=O)CCl)n1. The summed E-state index contributed by atoms with van der Waals surface area (Å²) >= 11 is 5.74. The Morgan fingerprint density at radius 2 is 2.05 bits per heavy atom. The maximum atomic E-state index is 12.1. The Hall–Kier alpha value is -1.81. The summed E-state index contributed by atoms with van der Waals surface area (Å²) in [5.74, 6) is 1.18. The number of carbonyl (C=O) groups is 1. The van der Waals surface area contributed by atoms with Crippen LogP contribution in [0.15, 0.2) is 36.5 Å². The van der Waals surface area contributed by atoms with Crippen LogP contribution >= 0.6 is 11.6 Å². The molecule has 1 aromatic heterocycles. The molecule has 0 unspecified atom stereocenters. The average Bonchev–Trinajstić information content (AvgIpc) is 2.90. The van der Waals surface area contributed by atoms with Crippen LogP contribution < -0.4 is 4.90 Å². The van der Waals surface area contributed by atoms with E-state index in [9.17, 15) is 4.79 Å². The van der Waals surface area contributed by atoms with Crippen LogP contribution in [-0.2, 0) is 18.4 Å². The van der Waals surface area contributed by atoms with Gasteiger partial charge >= 0.3 is 0 Å². The molecule has 0 aliphatic heterocycles. The number of carbonyl (C=O) groups excluding carboxylic acids is 1. The van der Waals surface area contributed by atoms with Gasteiger partial charge in [-0.25, -0.2) is 0 Å². The zero-order chi connectivity index (χ0) is 15.5. The monoisotopic (exact) mass is 317 g/mol. The summed E-state index contributed by atoms with van der Waals surface area (Å²) in [6.07, 6.45) is 5.75. The van der Waals surface area contributed by atoms with E-state index in [1.54, 1.807) is 9.58 Å². The predicted octanol–water partition coefficient (Wildman–Crippen LogP) is 3.46. The number of amides is 1. The van der Waals surface area contributed by atoms with Gasteiger partial charge in [-0.1, -0.05) is 30.7 Å². The fourth-order valence-electron chi connectivity index (χ4n) is 2.74. The molecule has 1 aliphatic rings. The van der Waals surface area contributed by atoms with Crippen molar-refractivity contribution in [1.82, 2.24) is 9.78 Å². The van der Waals surface area contributed by atoms with Gasteiger partial charge < -0.3 is 0 Å². The number of hydrogen-bond acceptors (Lipinski definition) is 2. The zero-order valence-electron chi connectivity index (χ0n) is 12.7. The summed E-state index contributed by atoms with van der Waals surface area (Å²) in [5, 5.41) is 4.31. The highest BCUT2D eigenvalue weighted by Gasteiger charge is 2.20. The predicted molar refractivity (Wildman–Crippen MR) is 88.2 cm³/mol. The molecule has 0 atom stereocenters. The smallest absolute Gasteiger partial charge is 0.243 e. The molecule has 5 heteroatoms. The third-order valence-electron chi connectivity index (χ3n) is 4.29. The topological polar surface area (TPSA) is 38.1 Å². The first-order chi connectivity index (χ1) is 10.7. The van der Waals surface area contributed by atoms with E-state index in [4.69, 9.17) is 11.6 Å². The lowest BCUT2D eigenvalue weighted by molar-refractivity contribution is -0.116. The molecule has 3 rings (SSSR count). The van der Waals surface area contributed by atoms with Crippen LogP contribution in [0.4, 0.5) is 5.82 Å². The van der Waals surface area contributed by atoms with E-state index >= 15 is 0 Å². The number of halogens is 1. The van der Waals surface area contributed by atoms with Crippen molar-refractivity contribution >= 4 is 23.3 Å². The van der Waals surface area contributed by atoms with E-state index in [1.165, 1.54) is 24.8 Å². The van der Waals surface area contributed by atoms with Crippen molar-refractivity contribution in [3.05, 3.63) is 47.7 Å². The van der Waals surface area contributed by atoms with Crippen molar-refractivity contribution < 1.29 is 4.79 Å². The Morgan fingerprint density at radius 1 is 1.32 bits per heavy atom. The Balaban J connectivity index is 1.76. The summed E-state index contributed by atoms with van der Waals surface area (Å²) < 4.78 is 1.68. The largest absolute Gasteiger partial charge is 0.290 e. The summed E-state index contributed by atoms with van der Waals surface area (Å²) in [4.78, 5) is 13.7. The van der Waals surface area contributed by atoms with Crippen LogP contribution in [0.2, 0.25) is 0 Å². The minimum atomic E-state index is -0.136. The van der Waals surface area contributed by atoms with E-state index in [0.717, 1.165) is 11.5 Å². The molecule has 1 saturated carbocycles. The van der Waals surface area contributed by atoms with Gasteiger partial charge in [0.25, 0.3) is 0 Å². The summed E-state index contributed by atoms with van der Waals surface area (Å²) in [6, 6.07) is 10.4. The molecule has 0 bridgehead atoms. The second-order valence-electron chi connectivity index (χ2n) is 5.83. The number of benzene rings is 1. The second-order valence-corrected chi connectivity index (χ2v) is 6.10. The minimum absolute atomic E-state index is 0.0449. The highest BCUT2D eigenvalue weighted by atomic mass is 35.5. The number of nitrogens with zero attached hydrogens (tertiary/aromatic N) is 3. The lowest BCUT2D eigenvalue weighted by atomic mass is 9.80. The maximum absolute atomic E-state index is 12.1. The van der Waals surface area contributed by atoms with Crippen molar-refractivity contribution in [3.63, 3.8) is 0 Å². The van der Waals surface area contributed by atoms with E-state index in [-0.39, 0.29) is 11.8 Å². The number of aromatic nitrogens is 2. The van der Waals surface area contributed by atoms with E-state index in [1.807, 2.05) is 19.3 Å². The highest BCUT2D eigenvalue weighted by molar-refractivity contribution is 6.29. The third kappa shape index (κ3) is 3.17. The quantitative estimate of drug-likeness (QED) is 0.792. The first-order valence-electron chi connectivity index (χ1n) is 7.62. The van der Waals surface area contributed by atoms with Gasteiger partial charge in [-0.3, -0.25) is 14.4 Å². The van der Waals surface area contributed by atoms with Crippen LogP contribution in [-0.4, -0.2) is 21.6 Å². The van der Waals surface area contributed by atoms with Gasteiger partial charge in [-0.15, -0.1) is 11.6 Å². The number of aryl methyl sites for hydroxylation is 1. The fraction of sp³-hybridized carbons (Fsp3) is 0.412. The zero-order valence-corrected chi connectivity index (χ0v) is 13.5. The van der Waals surface area contributed by atoms with Gasteiger partial charge in [0, 0.05) is 19.3 Å². The van der Waals surface area contributed by atoms with E-state index in [0.29, 0.717) is 12.4 Å². The standard InChI is InChI=1S/C17H20ClN3O/c1-20-10-9-16(19-20)21(17(22)11-18)12-13-5-7-15(8-6-13)14-3-2-4-14/h5-10,14H,2-4,11-12H2,1H3. The number of hydrogen-bond donors (Lipinski definition) is 0. The first kappa shape index (κ1) is 15.1. The molecule has 0 N–H and O–H groups in total. The molecular formula is C17H20ClN3O. The van der Waals surface area contributed by atoms with Crippen molar-refractivity contribution in [2.75, 3.05) is 10.8 Å². The van der Waals surface area contributed by atoms with Gasteiger partial charge in [-0.2, -0.15) is 5.10 Å². The molecule has 22 heavy (non-hydrogen) atoms. The molecule has 1 aliphatic carbocycles. The molecule has 4 nitrogen and oxygen atoms in total. The van der Waals surface area contributed by atoms with Crippen molar-refractivity contribution in [2.24, 2.45) is 7.05 Å². The molecule has 1 aromatic carbocycles. The Labute approximate surface area is 135 Å². The average molecular weight is 318 g/mol. The van der Waals surface area contributed by atoms with Gasteiger partial charge in [0.1, 0.15) is 5.88 Å². The molecular weight excluding hydrogens is 298 g/mol. The Morgan fingerprint density at radius 3 is 2.55 bits per heavy atom. The van der Waals surface area contributed by atoms with Crippen molar-refractivity contribution in [3.8, 4) is 0 Å². The molecule has 1 amide bonds. The van der Waals surface area contributed by atoms with Crippen LogP contribution in [0.25, 0.3) is 0 Å². The van der Waals surface area contributed by atoms with E-state index in [2.05, 4.69) is 29.4 Å². The van der Waals surface area contributed by atoms with Gasteiger partial charge in [0.05, 0.1) is 6.54 Å². The Bertz CT molecular complexity index is 646. The molecule has 0 saturated heterocycles. The maximum Gasteiger partial charge on any atom is 0.243 e. The number of rotatable bonds is 5. The number of anilines is 1. The van der Waals surface area contributed by atoms with Gasteiger partial charge in [-0.05, 0) is 29.9 Å². The molecule has 1 fully saturated rings. The molecule has 0 radical (unpaired) electrons.